The molecule has 0 saturated heterocycles. The number of nitrogens with zero attached hydrogens (tertiary/aromatic N) is 1. The fourth-order valence-corrected chi connectivity index (χ4v) is 5.01. The summed E-state index contributed by atoms with van der Waals surface area (Å²) in [4.78, 5) is 2.78. The van der Waals surface area contributed by atoms with Crippen LogP contribution in [0.1, 0.15) is 21.7 Å². The molecule has 0 atom stereocenters. The minimum atomic E-state index is 0.751. The predicted octanol–water partition coefficient (Wildman–Crippen LogP) is 4.23. The Morgan fingerprint density at radius 1 is 1.40 bits per heavy atom. The van der Waals surface area contributed by atoms with E-state index in [-0.39, 0.29) is 0 Å². The summed E-state index contributed by atoms with van der Waals surface area (Å²) >= 11 is 5.22. The molecule has 6 heteroatoms. The molecule has 3 nitrogen and oxygen atoms in total. The average Bonchev–Trinajstić information content (AvgIpc) is 3.14. The first kappa shape index (κ1) is 14.0. The molecular weight excluding hydrogens is 306 g/mol. The molecule has 0 spiro atoms. The molecule has 0 amide bonds. The fourth-order valence-electron chi connectivity index (χ4n) is 2.14. The number of thiophene rings is 2. The number of aromatic nitrogens is 1. The van der Waals surface area contributed by atoms with E-state index in [4.69, 9.17) is 5.73 Å². The van der Waals surface area contributed by atoms with Gasteiger partial charge in [0.15, 0.2) is 0 Å². The Morgan fingerprint density at radius 3 is 3.05 bits per heavy atom. The molecule has 0 saturated carbocycles. The molecule has 20 heavy (non-hydrogen) atoms. The van der Waals surface area contributed by atoms with Crippen LogP contribution in [0.5, 0.6) is 0 Å². The van der Waals surface area contributed by atoms with Crippen molar-refractivity contribution in [3.63, 3.8) is 0 Å². The molecule has 106 valence electrons. The van der Waals surface area contributed by atoms with Crippen LogP contribution in [0.3, 0.4) is 0 Å². The second-order valence-electron chi connectivity index (χ2n) is 4.66. The first-order chi connectivity index (χ1) is 9.79. The van der Waals surface area contributed by atoms with Gasteiger partial charge in [-0.3, -0.25) is 0 Å². The fraction of sp³-hybridized carbons (Fsp3) is 0.357. The number of fused-ring (bicyclic) bond motifs is 1. The molecule has 3 aromatic rings. The van der Waals surface area contributed by atoms with Crippen LogP contribution in [-0.4, -0.2) is 10.9 Å². The van der Waals surface area contributed by atoms with Gasteiger partial charge in [-0.25, -0.2) is 0 Å². The first-order valence-electron chi connectivity index (χ1n) is 6.63. The number of hydrogen-bond donors (Lipinski definition) is 2. The highest BCUT2D eigenvalue weighted by molar-refractivity contribution is 7.24. The lowest BCUT2D eigenvalue weighted by molar-refractivity contribution is 0.840. The van der Waals surface area contributed by atoms with Crippen molar-refractivity contribution in [1.82, 2.24) is 4.37 Å². The summed E-state index contributed by atoms with van der Waals surface area (Å²) < 4.78 is 5.91. The molecule has 0 aliphatic carbocycles. The average molecular weight is 324 g/mol. The van der Waals surface area contributed by atoms with Crippen molar-refractivity contribution in [1.29, 1.82) is 0 Å². The van der Waals surface area contributed by atoms with E-state index in [1.54, 1.807) is 22.9 Å². The van der Waals surface area contributed by atoms with Crippen LogP contribution in [-0.2, 0) is 13.0 Å². The van der Waals surface area contributed by atoms with E-state index in [2.05, 4.69) is 34.1 Å². The van der Waals surface area contributed by atoms with Gasteiger partial charge in [0.25, 0.3) is 0 Å². The summed E-state index contributed by atoms with van der Waals surface area (Å²) in [5, 5.41) is 6.82. The number of aryl methyl sites for hydroxylation is 2. The predicted molar refractivity (Wildman–Crippen MR) is 91.3 cm³/mol. The Bertz CT molecular complexity index is 682. The van der Waals surface area contributed by atoms with Gasteiger partial charge < -0.3 is 11.1 Å². The molecule has 3 N–H and O–H groups in total. The van der Waals surface area contributed by atoms with Crippen molar-refractivity contribution in [2.45, 2.75) is 26.3 Å². The molecule has 0 radical (unpaired) electrons. The van der Waals surface area contributed by atoms with Crippen molar-refractivity contribution >= 4 is 49.4 Å². The lowest BCUT2D eigenvalue weighted by Gasteiger charge is -2.00. The van der Waals surface area contributed by atoms with Gasteiger partial charge in [-0.05, 0) is 54.9 Å². The van der Waals surface area contributed by atoms with Crippen LogP contribution >= 0.6 is 34.2 Å². The summed E-state index contributed by atoms with van der Waals surface area (Å²) in [6.07, 6.45) is 2.11. The summed E-state index contributed by atoms with van der Waals surface area (Å²) in [6, 6.07) is 4.24. The zero-order chi connectivity index (χ0) is 13.9. The molecule has 0 aliphatic rings. The van der Waals surface area contributed by atoms with Gasteiger partial charge in [0.05, 0.1) is 11.2 Å². The van der Waals surface area contributed by atoms with E-state index in [1.807, 2.05) is 11.3 Å². The summed E-state index contributed by atoms with van der Waals surface area (Å²) in [5.41, 5.74) is 8.11. The molecule has 3 heterocycles. The number of hydrogen-bond acceptors (Lipinski definition) is 6. The van der Waals surface area contributed by atoms with Crippen molar-refractivity contribution in [3.05, 3.63) is 32.8 Å². The van der Waals surface area contributed by atoms with Gasteiger partial charge in [-0.15, -0.1) is 22.7 Å². The highest BCUT2D eigenvalue weighted by Gasteiger charge is 2.15. The largest absolute Gasteiger partial charge is 0.370 e. The van der Waals surface area contributed by atoms with Gasteiger partial charge in [0, 0.05) is 9.75 Å². The van der Waals surface area contributed by atoms with Gasteiger partial charge in [-0.2, -0.15) is 4.37 Å². The molecule has 3 rings (SSSR count). The highest BCUT2D eigenvalue weighted by Crippen LogP contribution is 2.39. The lowest BCUT2D eigenvalue weighted by Crippen LogP contribution is -1.99. The van der Waals surface area contributed by atoms with Gasteiger partial charge in [-0.1, -0.05) is 6.07 Å². The van der Waals surface area contributed by atoms with E-state index in [1.165, 1.54) is 30.5 Å². The molecular formula is C14H17N3S3. The second-order valence-corrected chi connectivity index (χ2v) is 7.58. The molecule has 0 unspecified atom stereocenters. The monoisotopic (exact) mass is 323 g/mol. The van der Waals surface area contributed by atoms with Crippen LogP contribution in [0, 0.1) is 6.92 Å². The van der Waals surface area contributed by atoms with Crippen molar-refractivity contribution in [2.75, 3.05) is 11.9 Å². The quantitative estimate of drug-likeness (QED) is 0.713. The Morgan fingerprint density at radius 2 is 2.30 bits per heavy atom. The smallest absolute Gasteiger partial charge is 0.127 e. The standard InChI is InChI=1S/C14H17N3S3/c1-9-11(5-2-6-15)19-13-12(9)17-20-14(13)16-8-10-4-3-7-18-10/h3-4,7,16H,2,5-6,8,15H2,1H3. The number of nitrogens with one attached hydrogen (secondary N) is 1. The Hall–Kier alpha value is -0.950. The highest BCUT2D eigenvalue weighted by atomic mass is 32.1. The van der Waals surface area contributed by atoms with E-state index < -0.39 is 0 Å². The van der Waals surface area contributed by atoms with Gasteiger partial charge >= 0.3 is 0 Å². The van der Waals surface area contributed by atoms with Crippen LogP contribution in [0.25, 0.3) is 10.2 Å². The van der Waals surface area contributed by atoms with Gasteiger partial charge in [0.2, 0.25) is 0 Å². The van der Waals surface area contributed by atoms with Gasteiger partial charge in [0.1, 0.15) is 10.5 Å². The van der Waals surface area contributed by atoms with Crippen LogP contribution in [0.4, 0.5) is 5.00 Å². The summed E-state index contributed by atoms with van der Waals surface area (Å²) in [5.74, 6) is 0. The van der Waals surface area contributed by atoms with Crippen LogP contribution < -0.4 is 11.1 Å². The van der Waals surface area contributed by atoms with E-state index in [0.717, 1.165) is 25.9 Å². The Labute approximate surface area is 130 Å². The minimum Gasteiger partial charge on any atom is -0.370 e. The van der Waals surface area contributed by atoms with Crippen molar-refractivity contribution in [2.24, 2.45) is 5.73 Å². The van der Waals surface area contributed by atoms with E-state index in [0.29, 0.717) is 0 Å². The molecule has 3 aromatic heterocycles. The van der Waals surface area contributed by atoms with E-state index >= 15 is 0 Å². The Kier molecular flexibility index (Phi) is 4.35. The maximum Gasteiger partial charge on any atom is 0.127 e. The van der Waals surface area contributed by atoms with E-state index in [9.17, 15) is 0 Å². The van der Waals surface area contributed by atoms with Crippen LogP contribution in [0.2, 0.25) is 0 Å². The lowest BCUT2D eigenvalue weighted by atomic mass is 10.2. The zero-order valence-corrected chi connectivity index (χ0v) is 13.8. The third-order valence-corrected chi connectivity index (χ3v) is 6.43. The third-order valence-electron chi connectivity index (χ3n) is 3.26. The Balaban J connectivity index is 1.81. The van der Waals surface area contributed by atoms with Crippen LogP contribution in [0.15, 0.2) is 17.5 Å². The summed E-state index contributed by atoms with van der Waals surface area (Å²) in [6.45, 7) is 3.80. The molecule has 0 aromatic carbocycles. The minimum absolute atomic E-state index is 0.751. The zero-order valence-electron chi connectivity index (χ0n) is 11.3. The second kappa shape index (κ2) is 6.22. The van der Waals surface area contributed by atoms with Crippen molar-refractivity contribution < 1.29 is 0 Å². The number of nitrogens with two attached hydrogens (primary N) is 1. The molecule has 0 fully saturated rings. The third kappa shape index (κ3) is 2.74. The summed E-state index contributed by atoms with van der Waals surface area (Å²) in [7, 11) is 0. The number of anilines is 1. The number of rotatable bonds is 6. The topological polar surface area (TPSA) is 50.9 Å². The SMILES string of the molecule is Cc1c(CCCN)sc2c(NCc3cccs3)snc12. The molecule has 0 aliphatic heterocycles. The normalized spacial score (nSPS) is 11.3. The maximum absolute atomic E-state index is 5.61. The van der Waals surface area contributed by atoms with Crippen molar-refractivity contribution in [3.8, 4) is 0 Å². The first-order valence-corrected chi connectivity index (χ1v) is 9.10. The molecule has 0 bridgehead atoms. The maximum atomic E-state index is 5.61.